The van der Waals surface area contributed by atoms with Crippen LogP contribution in [0.25, 0.3) is 0 Å². The Morgan fingerprint density at radius 3 is 1.93 bits per heavy atom. The van der Waals surface area contributed by atoms with Gasteiger partial charge in [0.05, 0.1) is 0 Å². The standard InChI is InChI=1S/C12H19BrOSi/c1-9-6-11(14-15(3,4)5)7-10(2)12(9)8-13/h6-7H,8H2,1-5H3. The Kier molecular flexibility index (Phi) is 4.01. The lowest BCUT2D eigenvalue weighted by Gasteiger charge is -2.21. The van der Waals surface area contributed by atoms with Crippen LogP contribution >= 0.6 is 15.9 Å². The highest BCUT2D eigenvalue weighted by Crippen LogP contribution is 2.25. The van der Waals surface area contributed by atoms with E-state index in [-0.39, 0.29) is 0 Å². The van der Waals surface area contributed by atoms with Gasteiger partial charge in [0.2, 0.25) is 8.32 Å². The summed E-state index contributed by atoms with van der Waals surface area (Å²) < 4.78 is 5.99. The van der Waals surface area contributed by atoms with Crippen molar-refractivity contribution < 1.29 is 4.43 Å². The van der Waals surface area contributed by atoms with Crippen molar-refractivity contribution in [1.29, 1.82) is 0 Å². The van der Waals surface area contributed by atoms with Gasteiger partial charge in [0.1, 0.15) is 5.75 Å². The Bertz CT molecular complexity index is 332. The van der Waals surface area contributed by atoms with Gasteiger partial charge in [-0.1, -0.05) is 15.9 Å². The predicted molar refractivity (Wildman–Crippen MR) is 72.5 cm³/mol. The number of alkyl halides is 1. The van der Waals surface area contributed by atoms with E-state index in [1.807, 2.05) is 0 Å². The molecule has 0 saturated carbocycles. The molecule has 0 aliphatic heterocycles. The van der Waals surface area contributed by atoms with Gasteiger partial charge in [-0.2, -0.15) is 0 Å². The maximum atomic E-state index is 5.99. The summed E-state index contributed by atoms with van der Waals surface area (Å²) in [4.78, 5) is 0. The first-order valence-corrected chi connectivity index (χ1v) is 9.71. The van der Waals surface area contributed by atoms with Crippen LogP contribution in [0.4, 0.5) is 0 Å². The van der Waals surface area contributed by atoms with E-state index in [0.29, 0.717) is 0 Å². The molecule has 0 atom stereocenters. The normalized spacial score (nSPS) is 11.6. The Morgan fingerprint density at radius 1 is 1.13 bits per heavy atom. The lowest BCUT2D eigenvalue weighted by Crippen LogP contribution is -2.29. The molecule has 0 aliphatic rings. The molecule has 1 nitrogen and oxygen atoms in total. The highest BCUT2D eigenvalue weighted by molar-refractivity contribution is 9.08. The molecule has 1 rings (SSSR count). The summed E-state index contributed by atoms with van der Waals surface area (Å²) in [6, 6.07) is 4.28. The minimum atomic E-state index is -1.48. The highest BCUT2D eigenvalue weighted by atomic mass is 79.9. The first-order chi connectivity index (χ1) is 6.83. The number of aryl methyl sites for hydroxylation is 2. The zero-order valence-corrected chi connectivity index (χ0v) is 12.7. The van der Waals surface area contributed by atoms with Gasteiger partial charge >= 0.3 is 0 Å². The molecule has 1 aromatic carbocycles. The van der Waals surface area contributed by atoms with Crippen LogP contribution in [-0.4, -0.2) is 8.32 Å². The second-order valence-electron chi connectivity index (χ2n) is 4.88. The van der Waals surface area contributed by atoms with Crippen molar-refractivity contribution in [3.63, 3.8) is 0 Å². The van der Waals surface area contributed by atoms with E-state index in [9.17, 15) is 0 Å². The van der Waals surface area contributed by atoms with Gasteiger partial charge in [0.25, 0.3) is 0 Å². The van der Waals surface area contributed by atoms with Crippen molar-refractivity contribution in [1.82, 2.24) is 0 Å². The van der Waals surface area contributed by atoms with Gasteiger partial charge in [0.15, 0.2) is 0 Å². The van der Waals surface area contributed by atoms with Gasteiger partial charge in [-0.15, -0.1) is 0 Å². The van der Waals surface area contributed by atoms with Gasteiger partial charge in [0, 0.05) is 5.33 Å². The Morgan fingerprint density at radius 2 is 1.60 bits per heavy atom. The van der Waals surface area contributed by atoms with E-state index < -0.39 is 8.32 Å². The Labute approximate surface area is 102 Å². The lowest BCUT2D eigenvalue weighted by molar-refractivity contribution is 0.556. The predicted octanol–water partition coefficient (Wildman–Crippen LogP) is 4.41. The fourth-order valence-electron chi connectivity index (χ4n) is 1.58. The number of rotatable bonds is 3. The fraction of sp³-hybridized carbons (Fsp3) is 0.500. The summed E-state index contributed by atoms with van der Waals surface area (Å²) in [5, 5.41) is 0.915. The summed E-state index contributed by atoms with van der Waals surface area (Å²) in [7, 11) is -1.48. The summed E-state index contributed by atoms with van der Waals surface area (Å²) in [5.74, 6) is 1.02. The maximum Gasteiger partial charge on any atom is 0.242 e. The average Bonchev–Trinajstić information content (AvgIpc) is 1.99. The Balaban J connectivity index is 3.04. The molecular formula is C12H19BrOSi. The molecule has 0 amide bonds. The van der Waals surface area contributed by atoms with Crippen molar-refractivity contribution >= 4 is 24.2 Å². The lowest BCUT2D eigenvalue weighted by atomic mass is 10.0. The van der Waals surface area contributed by atoms with Crippen molar-refractivity contribution in [2.24, 2.45) is 0 Å². The van der Waals surface area contributed by atoms with E-state index in [2.05, 4.69) is 61.6 Å². The SMILES string of the molecule is Cc1cc(O[Si](C)(C)C)cc(C)c1CBr. The molecule has 0 spiro atoms. The second-order valence-corrected chi connectivity index (χ2v) is 9.87. The molecule has 0 heterocycles. The zero-order chi connectivity index (χ0) is 11.6. The van der Waals surface area contributed by atoms with Crippen molar-refractivity contribution in [3.05, 3.63) is 28.8 Å². The molecule has 0 N–H and O–H groups in total. The monoisotopic (exact) mass is 286 g/mol. The van der Waals surface area contributed by atoms with Crippen LogP contribution in [0.3, 0.4) is 0 Å². The molecule has 0 saturated heterocycles. The zero-order valence-electron chi connectivity index (χ0n) is 10.1. The molecule has 3 heteroatoms. The summed E-state index contributed by atoms with van der Waals surface area (Å²) in [5.41, 5.74) is 3.98. The molecule has 1 aromatic rings. The minimum Gasteiger partial charge on any atom is -0.544 e. The van der Waals surface area contributed by atoms with Crippen LogP contribution in [0.2, 0.25) is 19.6 Å². The summed E-state index contributed by atoms with van der Waals surface area (Å²) >= 11 is 3.51. The summed E-state index contributed by atoms with van der Waals surface area (Å²) in [6.07, 6.45) is 0. The quantitative estimate of drug-likeness (QED) is 0.591. The van der Waals surface area contributed by atoms with Crippen LogP contribution in [0.1, 0.15) is 16.7 Å². The topological polar surface area (TPSA) is 9.23 Å². The van der Waals surface area contributed by atoms with E-state index in [1.165, 1.54) is 16.7 Å². The second kappa shape index (κ2) is 4.70. The van der Waals surface area contributed by atoms with E-state index in [4.69, 9.17) is 4.43 Å². The Hall–Kier alpha value is -0.283. The first kappa shape index (κ1) is 12.8. The molecule has 0 aromatic heterocycles. The van der Waals surface area contributed by atoms with E-state index in [0.717, 1.165) is 11.1 Å². The molecule has 0 aliphatic carbocycles. The van der Waals surface area contributed by atoms with Crippen LogP contribution in [-0.2, 0) is 5.33 Å². The summed E-state index contributed by atoms with van der Waals surface area (Å²) in [6.45, 7) is 10.9. The minimum absolute atomic E-state index is 0.915. The number of benzene rings is 1. The largest absolute Gasteiger partial charge is 0.544 e. The van der Waals surface area contributed by atoms with Crippen molar-refractivity contribution in [3.8, 4) is 5.75 Å². The van der Waals surface area contributed by atoms with E-state index in [1.54, 1.807) is 0 Å². The maximum absolute atomic E-state index is 5.99. The third-order valence-electron chi connectivity index (χ3n) is 2.23. The van der Waals surface area contributed by atoms with Gasteiger partial charge in [-0.3, -0.25) is 0 Å². The van der Waals surface area contributed by atoms with Crippen LogP contribution < -0.4 is 4.43 Å². The molecule has 0 unspecified atom stereocenters. The first-order valence-electron chi connectivity index (χ1n) is 5.18. The van der Waals surface area contributed by atoms with Gasteiger partial charge in [-0.25, -0.2) is 0 Å². The van der Waals surface area contributed by atoms with Crippen molar-refractivity contribution in [2.45, 2.75) is 38.8 Å². The average molecular weight is 287 g/mol. The fourth-order valence-corrected chi connectivity index (χ4v) is 3.29. The molecular weight excluding hydrogens is 268 g/mol. The van der Waals surface area contributed by atoms with Crippen molar-refractivity contribution in [2.75, 3.05) is 0 Å². The number of hydrogen-bond acceptors (Lipinski definition) is 1. The van der Waals surface area contributed by atoms with Gasteiger partial charge < -0.3 is 4.43 Å². The number of halogens is 1. The number of hydrogen-bond donors (Lipinski definition) is 0. The molecule has 15 heavy (non-hydrogen) atoms. The van der Waals surface area contributed by atoms with Gasteiger partial charge in [-0.05, 0) is 62.3 Å². The van der Waals surface area contributed by atoms with E-state index >= 15 is 0 Å². The van der Waals surface area contributed by atoms with Crippen LogP contribution in [0, 0.1) is 13.8 Å². The van der Waals surface area contributed by atoms with Crippen LogP contribution in [0.5, 0.6) is 5.75 Å². The molecule has 0 fully saturated rings. The van der Waals surface area contributed by atoms with Crippen LogP contribution in [0.15, 0.2) is 12.1 Å². The highest BCUT2D eigenvalue weighted by Gasteiger charge is 2.17. The molecule has 0 radical (unpaired) electrons. The third-order valence-corrected chi connectivity index (χ3v) is 3.64. The third kappa shape index (κ3) is 3.65. The molecule has 0 bridgehead atoms. The molecule has 84 valence electrons. The smallest absolute Gasteiger partial charge is 0.242 e.